The minimum atomic E-state index is -1.20. The van der Waals surface area contributed by atoms with Crippen molar-refractivity contribution in [3.05, 3.63) is 71.6 Å². The standard InChI is InChI=1S/C23H19F2N3O2S2/c1-12(2)31-22-19(15-7-5-9-17(25)11-15)26-23(32-22)28-20(21(29)30)18(13(3)27-28)14-6-4-8-16(24)10-14/h4-12H,1-3H3,(H,29,30). The predicted molar refractivity (Wildman–Crippen MR) is 123 cm³/mol. The molecule has 0 fully saturated rings. The number of hydrogen-bond donors (Lipinski definition) is 1. The molecule has 0 saturated carbocycles. The van der Waals surface area contributed by atoms with E-state index in [-0.39, 0.29) is 16.8 Å². The minimum absolute atomic E-state index is 0.103. The maximum atomic E-state index is 13.9. The molecule has 0 atom stereocenters. The zero-order valence-corrected chi connectivity index (χ0v) is 19.1. The van der Waals surface area contributed by atoms with E-state index in [1.54, 1.807) is 36.9 Å². The number of aromatic carboxylic acids is 1. The molecule has 1 N–H and O–H groups in total. The third kappa shape index (κ3) is 4.31. The van der Waals surface area contributed by atoms with Crippen LogP contribution in [0.5, 0.6) is 0 Å². The Labute approximate surface area is 191 Å². The number of carboxylic acids is 1. The van der Waals surface area contributed by atoms with Crippen molar-refractivity contribution in [2.75, 3.05) is 0 Å². The van der Waals surface area contributed by atoms with Crippen LogP contribution in [0.2, 0.25) is 0 Å². The van der Waals surface area contributed by atoms with Gasteiger partial charge in [0, 0.05) is 16.4 Å². The van der Waals surface area contributed by atoms with E-state index in [1.807, 2.05) is 13.8 Å². The summed E-state index contributed by atoms with van der Waals surface area (Å²) in [4.78, 5) is 16.9. The number of halogens is 2. The van der Waals surface area contributed by atoms with Gasteiger partial charge in [0.05, 0.1) is 15.6 Å². The van der Waals surface area contributed by atoms with Crippen LogP contribution in [0.15, 0.2) is 52.7 Å². The van der Waals surface area contributed by atoms with Gasteiger partial charge in [-0.1, -0.05) is 49.4 Å². The largest absolute Gasteiger partial charge is 0.476 e. The third-order valence-electron chi connectivity index (χ3n) is 4.58. The van der Waals surface area contributed by atoms with E-state index < -0.39 is 11.8 Å². The Morgan fingerprint density at radius 1 is 1.09 bits per heavy atom. The molecular weight excluding hydrogens is 452 g/mol. The lowest BCUT2D eigenvalue weighted by Crippen LogP contribution is -2.09. The number of nitrogens with zero attached hydrogens (tertiary/aromatic N) is 3. The summed E-state index contributed by atoms with van der Waals surface area (Å²) in [5, 5.41) is 15.0. The lowest BCUT2D eigenvalue weighted by Gasteiger charge is -2.04. The summed E-state index contributed by atoms with van der Waals surface area (Å²) >= 11 is 2.85. The Hall–Kier alpha value is -3.04. The van der Waals surface area contributed by atoms with Gasteiger partial charge >= 0.3 is 5.97 Å². The number of rotatable bonds is 6. The van der Waals surface area contributed by atoms with Crippen molar-refractivity contribution in [2.24, 2.45) is 0 Å². The van der Waals surface area contributed by atoms with Gasteiger partial charge in [0.1, 0.15) is 11.6 Å². The molecule has 0 spiro atoms. The molecule has 0 saturated heterocycles. The van der Waals surface area contributed by atoms with Crippen molar-refractivity contribution < 1.29 is 18.7 Å². The Bertz CT molecular complexity index is 1310. The van der Waals surface area contributed by atoms with Crippen LogP contribution < -0.4 is 0 Å². The van der Waals surface area contributed by atoms with Gasteiger partial charge in [-0.15, -0.1) is 11.8 Å². The second kappa shape index (κ2) is 8.84. The van der Waals surface area contributed by atoms with E-state index in [2.05, 4.69) is 10.1 Å². The fourth-order valence-electron chi connectivity index (χ4n) is 3.35. The lowest BCUT2D eigenvalue weighted by atomic mass is 10.0. The van der Waals surface area contributed by atoms with Crippen LogP contribution >= 0.6 is 23.1 Å². The van der Waals surface area contributed by atoms with Gasteiger partial charge in [-0.2, -0.15) is 9.78 Å². The highest BCUT2D eigenvalue weighted by atomic mass is 32.2. The maximum absolute atomic E-state index is 13.9. The highest BCUT2D eigenvalue weighted by Gasteiger charge is 2.27. The number of carboxylic acid groups (broad SMARTS) is 1. The fourth-order valence-corrected chi connectivity index (χ4v) is 5.83. The first kappa shape index (κ1) is 22.2. The van der Waals surface area contributed by atoms with E-state index in [1.165, 1.54) is 46.4 Å². The van der Waals surface area contributed by atoms with Crippen molar-refractivity contribution in [3.8, 4) is 27.5 Å². The van der Waals surface area contributed by atoms with Crippen molar-refractivity contribution >= 4 is 29.1 Å². The van der Waals surface area contributed by atoms with Gasteiger partial charge < -0.3 is 5.11 Å². The molecule has 0 amide bonds. The number of carbonyl (C=O) groups is 1. The first-order chi connectivity index (χ1) is 15.2. The van der Waals surface area contributed by atoms with Gasteiger partial charge in [-0.25, -0.2) is 18.6 Å². The SMILES string of the molecule is Cc1nn(-c2nc(-c3cccc(F)c3)c(SC(C)C)s2)c(C(=O)O)c1-c1cccc(F)c1. The van der Waals surface area contributed by atoms with Crippen molar-refractivity contribution in [1.82, 2.24) is 14.8 Å². The molecule has 0 radical (unpaired) electrons. The van der Waals surface area contributed by atoms with Gasteiger partial charge in [0.25, 0.3) is 0 Å². The minimum Gasteiger partial charge on any atom is -0.476 e. The van der Waals surface area contributed by atoms with Gasteiger partial charge in [-0.3, -0.25) is 0 Å². The van der Waals surface area contributed by atoms with Crippen LogP contribution in [-0.4, -0.2) is 31.1 Å². The fraction of sp³-hybridized carbons (Fsp3) is 0.174. The molecule has 5 nitrogen and oxygen atoms in total. The Balaban J connectivity index is 1.92. The normalized spacial score (nSPS) is 11.3. The maximum Gasteiger partial charge on any atom is 0.355 e. The Morgan fingerprint density at radius 3 is 2.31 bits per heavy atom. The van der Waals surface area contributed by atoms with Gasteiger partial charge in [0.15, 0.2) is 5.69 Å². The zero-order chi connectivity index (χ0) is 23.0. The summed E-state index contributed by atoms with van der Waals surface area (Å²) in [5.74, 6) is -2.05. The Kier molecular flexibility index (Phi) is 6.12. The highest BCUT2D eigenvalue weighted by Crippen LogP contribution is 2.41. The van der Waals surface area contributed by atoms with Crippen LogP contribution in [0.25, 0.3) is 27.5 Å². The van der Waals surface area contributed by atoms with Crippen LogP contribution in [-0.2, 0) is 0 Å². The molecule has 0 aliphatic heterocycles. The van der Waals surface area contributed by atoms with Gasteiger partial charge in [-0.05, 0) is 36.8 Å². The molecule has 4 aromatic rings. The Morgan fingerprint density at radius 2 is 1.72 bits per heavy atom. The average molecular weight is 472 g/mol. The summed E-state index contributed by atoms with van der Waals surface area (Å²) in [6.07, 6.45) is 0. The molecule has 32 heavy (non-hydrogen) atoms. The summed E-state index contributed by atoms with van der Waals surface area (Å²) in [6, 6.07) is 11.9. The molecule has 2 aromatic heterocycles. The highest BCUT2D eigenvalue weighted by molar-refractivity contribution is 8.01. The van der Waals surface area contributed by atoms with E-state index in [4.69, 9.17) is 0 Å². The summed E-state index contributed by atoms with van der Waals surface area (Å²) in [5.41, 5.74) is 2.26. The van der Waals surface area contributed by atoms with Gasteiger partial charge in [0.2, 0.25) is 5.13 Å². The van der Waals surface area contributed by atoms with E-state index >= 15 is 0 Å². The summed E-state index contributed by atoms with van der Waals surface area (Å²) < 4.78 is 29.8. The van der Waals surface area contributed by atoms with E-state index in [0.29, 0.717) is 33.2 Å². The monoisotopic (exact) mass is 471 g/mol. The molecule has 9 heteroatoms. The zero-order valence-electron chi connectivity index (χ0n) is 17.5. The van der Waals surface area contributed by atoms with E-state index in [9.17, 15) is 18.7 Å². The van der Waals surface area contributed by atoms with E-state index in [0.717, 1.165) is 4.21 Å². The smallest absolute Gasteiger partial charge is 0.355 e. The first-order valence-corrected chi connectivity index (χ1v) is 11.5. The molecule has 164 valence electrons. The summed E-state index contributed by atoms with van der Waals surface area (Å²) in [6.45, 7) is 5.73. The molecular formula is C23H19F2N3O2S2. The molecule has 0 bridgehead atoms. The first-order valence-electron chi connectivity index (χ1n) is 9.77. The van der Waals surface area contributed by atoms with Crippen molar-refractivity contribution in [1.29, 1.82) is 0 Å². The number of thioether (sulfide) groups is 1. The number of aromatic nitrogens is 3. The predicted octanol–water partition coefficient (Wildman–Crippen LogP) is 6.45. The number of benzene rings is 2. The molecule has 2 heterocycles. The van der Waals surface area contributed by atoms with Crippen LogP contribution in [0, 0.1) is 18.6 Å². The lowest BCUT2D eigenvalue weighted by molar-refractivity contribution is 0.0688. The molecule has 0 unspecified atom stereocenters. The molecule has 0 aliphatic rings. The second-order valence-electron chi connectivity index (χ2n) is 7.35. The van der Waals surface area contributed by atoms with Crippen LogP contribution in [0.1, 0.15) is 30.0 Å². The topological polar surface area (TPSA) is 68.0 Å². The van der Waals surface area contributed by atoms with Crippen molar-refractivity contribution in [3.63, 3.8) is 0 Å². The molecule has 0 aliphatic carbocycles. The van der Waals surface area contributed by atoms with Crippen molar-refractivity contribution in [2.45, 2.75) is 30.2 Å². The quantitative estimate of drug-likeness (QED) is 0.327. The molecule has 4 rings (SSSR count). The second-order valence-corrected chi connectivity index (χ2v) is 10.2. The molecule has 2 aromatic carbocycles. The summed E-state index contributed by atoms with van der Waals surface area (Å²) in [7, 11) is 0. The van der Waals surface area contributed by atoms with Crippen LogP contribution in [0.3, 0.4) is 0 Å². The third-order valence-corrected chi connectivity index (χ3v) is 6.83. The number of hydrogen-bond acceptors (Lipinski definition) is 5. The average Bonchev–Trinajstić information content (AvgIpc) is 3.28. The number of aryl methyl sites for hydroxylation is 1. The number of thiazole rings is 1. The van der Waals surface area contributed by atoms with Crippen LogP contribution in [0.4, 0.5) is 8.78 Å².